The number of carbonyl (C=O) groups excluding carboxylic acids is 1. The lowest BCUT2D eigenvalue weighted by Gasteiger charge is -2.31. The fourth-order valence-electron chi connectivity index (χ4n) is 2.34. The lowest BCUT2D eigenvalue weighted by molar-refractivity contribution is -0.128. The van der Waals surface area contributed by atoms with E-state index in [2.05, 4.69) is 24.3 Å². The molecule has 2 aliphatic rings. The molecule has 0 heterocycles. The van der Waals surface area contributed by atoms with Crippen molar-refractivity contribution in [2.75, 3.05) is 0 Å². The number of ketones is 1. The smallest absolute Gasteiger partial charge is 0.143 e. The predicted octanol–water partition coefficient (Wildman–Crippen LogP) is 3.02. The van der Waals surface area contributed by atoms with E-state index in [-0.39, 0.29) is 5.41 Å². The molecule has 0 aromatic heterocycles. The molecule has 1 heteroatoms. The lowest BCUT2D eigenvalue weighted by atomic mass is 9.71. The molecule has 1 unspecified atom stereocenters. The highest BCUT2D eigenvalue weighted by Crippen LogP contribution is 2.39. The molecule has 2 rings (SSSR count). The molecule has 1 atom stereocenters. The Bertz CT molecular complexity index is 262. The average molecular weight is 176 g/mol. The highest BCUT2D eigenvalue weighted by atomic mass is 16.1. The number of hydrogen-bond donors (Lipinski definition) is 0. The Morgan fingerprint density at radius 1 is 1.15 bits per heavy atom. The molecule has 70 valence electrons. The van der Waals surface area contributed by atoms with Crippen molar-refractivity contribution in [3.8, 4) is 0 Å². The van der Waals surface area contributed by atoms with Crippen molar-refractivity contribution in [2.24, 2.45) is 5.41 Å². The molecule has 1 fully saturated rings. The minimum atomic E-state index is -0.106. The molecule has 0 saturated heterocycles. The van der Waals surface area contributed by atoms with Crippen LogP contribution in [-0.4, -0.2) is 5.78 Å². The zero-order valence-corrected chi connectivity index (χ0v) is 7.96. The summed E-state index contributed by atoms with van der Waals surface area (Å²) in [4.78, 5) is 11.8. The van der Waals surface area contributed by atoms with Crippen LogP contribution in [0.5, 0.6) is 0 Å². The number of hydrogen-bond acceptors (Lipinski definition) is 1. The molecule has 0 N–H and O–H groups in total. The molecule has 0 aromatic carbocycles. The molecular weight excluding hydrogens is 160 g/mol. The zero-order valence-electron chi connectivity index (χ0n) is 7.96. The van der Waals surface area contributed by atoms with Crippen LogP contribution in [0.25, 0.3) is 0 Å². The van der Waals surface area contributed by atoms with E-state index in [1.807, 2.05) is 0 Å². The van der Waals surface area contributed by atoms with E-state index in [0.717, 1.165) is 32.1 Å². The SMILES string of the molecule is O=C1CCCCC12C=CCC=CC2. The van der Waals surface area contributed by atoms with Gasteiger partial charge in [0.15, 0.2) is 0 Å². The molecule has 0 bridgehead atoms. The Labute approximate surface area is 79.5 Å². The van der Waals surface area contributed by atoms with E-state index in [0.29, 0.717) is 5.78 Å². The second-order valence-corrected chi connectivity index (χ2v) is 4.10. The lowest BCUT2D eigenvalue weighted by Crippen LogP contribution is -2.31. The van der Waals surface area contributed by atoms with Gasteiger partial charge in [0.05, 0.1) is 5.41 Å². The Hall–Kier alpha value is -0.850. The van der Waals surface area contributed by atoms with Gasteiger partial charge in [0.25, 0.3) is 0 Å². The summed E-state index contributed by atoms with van der Waals surface area (Å²) in [5.41, 5.74) is -0.106. The van der Waals surface area contributed by atoms with Gasteiger partial charge in [0, 0.05) is 6.42 Å². The highest BCUT2D eigenvalue weighted by molar-refractivity contribution is 5.87. The largest absolute Gasteiger partial charge is 0.299 e. The molecule has 0 amide bonds. The molecule has 13 heavy (non-hydrogen) atoms. The van der Waals surface area contributed by atoms with Crippen molar-refractivity contribution in [3.05, 3.63) is 24.3 Å². The summed E-state index contributed by atoms with van der Waals surface area (Å²) in [6, 6.07) is 0. The monoisotopic (exact) mass is 176 g/mol. The van der Waals surface area contributed by atoms with Crippen LogP contribution in [0.2, 0.25) is 0 Å². The summed E-state index contributed by atoms with van der Waals surface area (Å²) < 4.78 is 0. The molecule has 1 spiro atoms. The van der Waals surface area contributed by atoms with Crippen molar-refractivity contribution in [1.82, 2.24) is 0 Å². The third kappa shape index (κ3) is 1.60. The second kappa shape index (κ2) is 3.49. The van der Waals surface area contributed by atoms with Gasteiger partial charge in [-0.15, -0.1) is 0 Å². The predicted molar refractivity (Wildman–Crippen MR) is 53.4 cm³/mol. The molecule has 0 aliphatic heterocycles. The van der Waals surface area contributed by atoms with E-state index in [1.165, 1.54) is 6.42 Å². The normalized spacial score (nSPS) is 33.7. The summed E-state index contributed by atoms with van der Waals surface area (Å²) >= 11 is 0. The Morgan fingerprint density at radius 3 is 2.92 bits per heavy atom. The number of rotatable bonds is 0. The van der Waals surface area contributed by atoms with Gasteiger partial charge in [-0.05, 0) is 25.7 Å². The van der Waals surface area contributed by atoms with Gasteiger partial charge in [-0.2, -0.15) is 0 Å². The molecule has 1 saturated carbocycles. The fraction of sp³-hybridized carbons (Fsp3) is 0.583. The minimum Gasteiger partial charge on any atom is -0.299 e. The Kier molecular flexibility index (Phi) is 2.34. The van der Waals surface area contributed by atoms with Crippen molar-refractivity contribution in [1.29, 1.82) is 0 Å². The van der Waals surface area contributed by atoms with Gasteiger partial charge in [0.1, 0.15) is 5.78 Å². The van der Waals surface area contributed by atoms with Gasteiger partial charge in [-0.25, -0.2) is 0 Å². The Balaban J connectivity index is 2.24. The quantitative estimate of drug-likeness (QED) is 0.518. The topological polar surface area (TPSA) is 17.1 Å². The molecule has 2 aliphatic carbocycles. The molecule has 1 nitrogen and oxygen atoms in total. The summed E-state index contributed by atoms with van der Waals surface area (Å²) in [5, 5.41) is 0. The van der Waals surface area contributed by atoms with E-state index in [4.69, 9.17) is 0 Å². The van der Waals surface area contributed by atoms with Crippen LogP contribution in [0.1, 0.15) is 38.5 Å². The minimum absolute atomic E-state index is 0.106. The average Bonchev–Trinajstić information content (AvgIpc) is 2.37. The van der Waals surface area contributed by atoms with E-state index in [9.17, 15) is 4.79 Å². The maximum Gasteiger partial charge on any atom is 0.143 e. The van der Waals surface area contributed by atoms with Crippen molar-refractivity contribution in [2.45, 2.75) is 38.5 Å². The molecule has 0 aromatic rings. The van der Waals surface area contributed by atoms with Crippen molar-refractivity contribution < 1.29 is 4.79 Å². The summed E-state index contributed by atoms with van der Waals surface area (Å²) in [7, 11) is 0. The maximum absolute atomic E-state index is 11.8. The van der Waals surface area contributed by atoms with Gasteiger partial charge in [0.2, 0.25) is 0 Å². The first kappa shape index (κ1) is 8.74. The van der Waals surface area contributed by atoms with E-state index in [1.54, 1.807) is 0 Å². The first-order valence-corrected chi connectivity index (χ1v) is 5.19. The van der Waals surface area contributed by atoms with Gasteiger partial charge in [-0.3, -0.25) is 4.79 Å². The third-order valence-corrected chi connectivity index (χ3v) is 3.19. The van der Waals surface area contributed by atoms with Gasteiger partial charge in [-0.1, -0.05) is 30.7 Å². The van der Waals surface area contributed by atoms with Crippen LogP contribution < -0.4 is 0 Å². The maximum atomic E-state index is 11.8. The second-order valence-electron chi connectivity index (χ2n) is 4.10. The fourth-order valence-corrected chi connectivity index (χ4v) is 2.34. The first-order valence-electron chi connectivity index (χ1n) is 5.19. The van der Waals surface area contributed by atoms with Crippen LogP contribution in [0.15, 0.2) is 24.3 Å². The Morgan fingerprint density at radius 2 is 2.08 bits per heavy atom. The summed E-state index contributed by atoms with van der Waals surface area (Å²) in [6.07, 6.45) is 14.7. The first-order chi connectivity index (χ1) is 6.33. The number of allylic oxidation sites excluding steroid dienone is 4. The molecule has 0 radical (unpaired) electrons. The van der Waals surface area contributed by atoms with Crippen LogP contribution in [0.3, 0.4) is 0 Å². The standard InChI is InChI=1S/C12H16O/c13-11-7-3-6-10-12(11)8-4-1-2-5-9-12/h1,4-5,9H,2-3,6-8,10H2. The van der Waals surface area contributed by atoms with Crippen LogP contribution >= 0.6 is 0 Å². The third-order valence-electron chi connectivity index (χ3n) is 3.19. The van der Waals surface area contributed by atoms with Crippen molar-refractivity contribution >= 4 is 5.78 Å². The number of carbonyl (C=O) groups is 1. The van der Waals surface area contributed by atoms with Crippen molar-refractivity contribution in [3.63, 3.8) is 0 Å². The van der Waals surface area contributed by atoms with E-state index < -0.39 is 0 Å². The van der Waals surface area contributed by atoms with Crippen LogP contribution in [0.4, 0.5) is 0 Å². The van der Waals surface area contributed by atoms with Gasteiger partial charge < -0.3 is 0 Å². The summed E-state index contributed by atoms with van der Waals surface area (Å²) in [5.74, 6) is 0.460. The highest BCUT2D eigenvalue weighted by Gasteiger charge is 2.36. The summed E-state index contributed by atoms with van der Waals surface area (Å²) in [6.45, 7) is 0. The number of Topliss-reactive ketones (excluding diaryl/α,β-unsaturated/α-hetero) is 1. The zero-order chi connectivity index (χ0) is 9.15. The molecular formula is C12H16O. The van der Waals surface area contributed by atoms with E-state index >= 15 is 0 Å². The van der Waals surface area contributed by atoms with Crippen LogP contribution in [-0.2, 0) is 4.79 Å². The van der Waals surface area contributed by atoms with Crippen LogP contribution in [0, 0.1) is 5.41 Å². The van der Waals surface area contributed by atoms with Gasteiger partial charge >= 0.3 is 0 Å².